The highest BCUT2D eigenvalue weighted by molar-refractivity contribution is 5.91. The summed E-state index contributed by atoms with van der Waals surface area (Å²) in [6, 6.07) is 6.39. The maximum absolute atomic E-state index is 5.47. The van der Waals surface area contributed by atoms with Gasteiger partial charge >= 0.3 is 0 Å². The number of para-hydroxylation sites is 1. The van der Waals surface area contributed by atoms with Gasteiger partial charge in [-0.1, -0.05) is 12.1 Å². The molecule has 1 aromatic carbocycles. The van der Waals surface area contributed by atoms with Crippen LogP contribution in [-0.2, 0) is 4.74 Å². The normalized spacial score (nSPS) is 22.9. The van der Waals surface area contributed by atoms with Gasteiger partial charge in [-0.2, -0.15) is 0 Å². The molecule has 1 aromatic heterocycles. The SMILES string of the molecule is Cc1cccc2c(N3CCC[C@H](CN4CCOCC4)C3)ncnc12. The number of benzene rings is 1. The fourth-order valence-corrected chi connectivity index (χ4v) is 4.03. The van der Waals surface area contributed by atoms with Crippen molar-refractivity contribution in [2.24, 2.45) is 5.92 Å². The van der Waals surface area contributed by atoms with Crippen LogP contribution in [0.15, 0.2) is 24.5 Å². The van der Waals surface area contributed by atoms with E-state index in [9.17, 15) is 0 Å². The number of morpholine rings is 1. The predicted molar refractivity (Wildman–Crippen MR) is 96.5 cm³/mol. The molecule has 0 bridgehead atoms. The monoisotopic (exact) mass is 326 g/mol. The van der Waals surface area contributed by atoms with Crippen molar-refractivity contribution in [3.8, 4) is 0 Å². The van der Waals surface area contributed by atoms with Crippen molar-refractivity contribution in [3.63, 3.8) is 0 Å². The lowest BCUT2D eigenvalue weighted by Crippen LogP contribution is -2.44. The topological polar surface area (TPSA) is 41.5 Å². The molecule has 5 nitrogen and oxygen atoms in total. The van der Waals surface area contributed by atoms with Crippen LogP contribution in [0, 0.1) is 12.8 Å². The van der Waals surface area contributed by atoms with Crippen molar-refractivity contribution in [1.82, 2.24) is 14.9 Å². The van der Waals surface area contributed by atoms with E-state index in [-0.39, 0.29) is 0 Å². The standard InChI is InChI=1S/C19H26N4O/c1-15-4-2-6-17-18(15)20-14-21-19(17)23-7-3-5-16(13-23)12-22-8-10-24-11-9-22/h2,4,6,14,16H,3,5,7-13H2,1H3/t16-/m1/s1. The second-order valence-corrected chi connectivity index (χ2v) is 7.04. The van der Waals surface area contributed by atoms with E-state index in [1.54, 1.807) is 6.33 Å². The van der Waals surface area contributed by atoms with Crippen LogP contribution < -0.4 is 4.90 Å². The number of piperidine rings is 1. The number of fused-ring (bicyclic) bond motifs is 1. The zero-order valence-corrected chi connectivity index (χ0v) is 14.4. The second kappa shape index (κ2) is 7.03. The van der Waals surface area contributed by atoms with Gasteiger partial charge in [0, 0.05) is 38.1 Å². The average Bonchev–Trinajstić information content (AvgIpc) is 2.63. The third kappa shape index (κ3) is 3.23. The van der Waals surface area contributed by atoms with Crippen LogP contribution in [0.3, 0.4) is 0 Å². The maximum Gasteiger partial charge on any atom is 0.139 e. The molecule has 0 spiro atoms. The lowest BCUT2D eigenvalue weighted by molar-refractivity contribution is 0.0296. The Kier molecular flexibility index (Phi) is 4.63. The summed E-state index contributed by atoms with van der Waals surface area (Å²) in [4.78, 5) is 14.1. The molecule has 1 atom stereocenters. The Morgan fingerprint density at radius 1 is 1.17 bits per heavy atom. The summed E-state index contributed by atoms with van der Waals surface area (Å²) in [5.74, 6) is 1.82. The van der Waals surface area contributed by atoms with E-state index >= 15 is 0 Å². The molecule has 2 fully saturated rings. The first-order valence-electron chi connectivity index (χ1n) is 9.06. The number of rotatable bonds is 3. The first kappa shape index (κ1) is 15.8. The molecule has 3 heterocycles. The van der Waals surface area contributed by atoms with E-state index in [1.165, 1.54) is 30.3 Å². The molecule has 0 aliphatic carbocycles. The van der Waals surface area contributed by atoms with Crippen LogP contribution in [0.4, 0.5) is 5.82 Å². The minimum absolute atomic E-state index is 0.715. The Hall–Kier alpha value is -1.72. The maximum atomic E-state index is 5.47. The molecule has 5 heteroatoms. The molecule has 2 aliphatic rings. The molecule has 2 aromatic rings. The lowest BCUT2D eigenvalue weighted by Gasteiger charge is -2.37. The van der Waals surface area contributed by atoms with Crippen molar-refractivity contribution >= 4 is 16.7 Å². The van der Waals surface area contributed by atoms with E-state index in [2.05, 4.69) is 44.9 Å². The molecule has 0 radical (unpaired) electrons. The number of hydrogen-bond acceptors (Lipinski definition) is 5. The van der Waals surface area contributed by atoms with E-state index in [0.717, 1.165) is 50.7 Å². The van der Waals surface area contributed by atoms with Crippen LogP contribution in [0.25, 0.3) is 10.9 Å². The largest absolute Gasteiger partial charge is 0.379 e. The highest BCUT2D eigenvalue weighted by Crippen LogP contribution is 2.29. The van der Waals surface area contributed by atoms with Gasteiger partial charge in [-0.05, 0) is 37.3 Å². The fraction of sp³-hybridized carbons (Fsp3) is 0.579. The fourth-order valence-electron chi connectivity index (χ4n) is 4.03. The third-order valence-corrected chi connectivity index (χ3v) is 5.28. The Labute approximate surface area is 143 Å². The van der Waals surface area contributed by atoms with Gasteiger partial charge in [0.05, 0.1) is 18.7 Å². The Balaban J connectivity index is 1.53. The molecule has 128 valence electrons. The molecular weight excluding hydrogens is 300 g/mol. The van der Waals surface area contributed by atoms with Crippen LogP contribution in [0.5, 0.6) is 0 Å². The van der Waals surface area contributed by atoms with Gasteiger partial charge in [0.2, 0.25) is 0 Å². The molecule has 0 N–H and O–H groups in total. The van der Waals surface area contributed by atoms with Gasteiger partial charge in [0.1, 0.15) is 12.1 Å². The molecule has 2 saturated heterocycles. The minimum Gasteiger partial charge on any atom is -0.379 e. The highest BCUT2D eigenvalue weighted by atomic mass is 16.5. The summed E-state index contributed by atoms with van der Waals surface area (Å²) in [5, 5.41) is 1.18. The first-order valence-corrected chi connectivity index (χ1v) is 9.06. The Morgan fingerprint density at radius 2 is 2.04 bits per heavy atom. The lowest BCUT2D eigenvalue weighted by atomic mass is 9.96. The van der Waals surface area contributed by atoms with Crippen molar-refractivity contribution in [1.29, 1.82) is 0 Å². The molecule has 0 amide bonds. The predicted octanol–water partition coefficient (Wildman–Crippen LogP) is 2.49. The first-order chi connectivity index (χ1) is 11.8. The third-order valence-electron chi connectivity index (χ3n) is 5.28. The van der Waals surface area contributed by atoms with Crippen LogP contribution in [0.1, 0.15) is 18.4 Å². The smallest absolute Gasteiger partial charge is 0.139 e. The summed E-state index contributed by atoms with van der Waals surface area (Å²) in [7, 11) is 0. The van der Waals surface area contributed by atoms with Crippen molar-refractivity contribution in [3.05, 3.63) is 30.1 Å². The number of anilines is 1. The Bertz CT molecular complexity index is 699. The molecule has 4 rings (SSSR count). The van der Waals surface area contributed by atoms with Crippen LogP contribution in [-0.4, -0.2) is 60.8 Å². The summed E-state index contributed by atoms with van der Waals surface area (Å²) in [6.45, 7) is 9.41. The number of hydrogen-bond donors (Lipinski definition) is 0. The second-order valence-electron chi connectivity index (χ2n) is 7.04. The molecule has 0 saturated carbocycles. The summed E-state index contributed by atoms with van der Waals surface area (Å²) >= 11 is 0. The van der Waals surface area contributed by atoms with Crippen molar-refractivity contribution in [2.45, 2.75) is 19.8 Å². The van der Waals surface area contributed by atoms with Crippen molar-refractivity contribution < 1.29 is 4.74 Å². The van der Waals surface area contributed by atoms with Gasteiger partial charge in [-0.25, -0.2) is 9.97 Å². The average molecular weight is 326 g/mol. The number of ether oxygens (including phenoxy) is 1. The van der Waals surface area contributed by atoms with Gasteiger partial charge in [0.25, 0.3) is 0 Å². The summed E-state index contributed by atoms with van der Waals surface area (Å²) in [6.07, 6.45) is 4.28. The number of aryl methyl sites for hydroxylation is 1. The molecule has 0 unspecified atom stereocenters. The number of nitrogens with zero attached hydrogens (tertiary/aromatic N) is 4. The summed E-state index contributed by atoms with van der Waals surface area (Å²) in [5.41, 5.74) is 2.30. The quantitative estimate of drug-likeness (QED) is 0.867. The number of aromatic nitrogens is 2. The van der Waals surface area contributed by atoms with E-state index < -0.39 is 0 Å². The molecular formula is C19H26N4O. The van der Waals surface area contributed by atoms with Gasteiger partial charge in [-0.3, -0.25) is 4.90 Å². The Morgan fingerprint density at radius 3 is 2.92 bits per heavy atom. The highest BCUT2D eigenvalue weighted by Gasteiger charge is 2.25. The van der Waals surface area contributed by atoms with Crippen LogP contribution in [0.2, 0.25) is 0 Å². The zero-order chi connectivity index (χ0) is 16.4. The minimum atomic E-state index is 0.715. The van der Waals surface area contributed by atoms with Gasteiger partial charge in [0.15, 0.2) is 0 Å². The van der Waals surface area contributed by atoms with E-state index in [1.807, 2.05) is 0 Å². The zero-order valence-electron chi connectivity index (χ0n) is 14.4. The van der Waals surface area contributed by atoms with Gasteiger partial charge in [-0.15, -0.1) is 0 Å². The molecule has 24 heavy (non-hydrogen) atoms. The van der Waals surface area contributed by atoms with Crippen molar-refractivity contribution in [2.75, 3.05) is 50.8 Å². The van der Waals surface area contributed by atoms with Crippen LogP contribution >= 0.6 is 0 Å². The van der Waals surface area contributed by atoms with E-state index in [0.29, 0.717) is 5.92 Å². The summed E-state index contributed by atoms with van der Waals surface area (Å²) < 4.78 is 5.47. The van der Waals surface area contributed by atoms with E-state index in [4.69, 9.17) is 4.74 Å². The molecule has 2 aliphatic heterocycles. The van der Waals surface area contributed by atoms with Gasteiger partial charge < -0.3 is 9.64 Å².